The van der Waals surface area contributed by atoms with Crippen LogP contribution in [-0.4, -0.2) is 26.0 Å². The van der Waals surface area contributed by atoms with Crippen molar-refractivity contribution >= 4 is 11.8 Å². The Hall–Kier alpha value is -3.41. The Labute approximate surface area is 180 Å². The van der Waals surface area contributed by atoms with E-state index in [9.17, 15) is 14.0 Å². The monoisotopic (exact) mass is 421 g/mol. The van der Waals surface area contributed by atoms with Crippen molar-refractivity contribution in [1.82, 2.24) is 5.32 Å². The molecule has 1 heterocycles. The summed E-state index contributed by atoms with van der Waals surface area (Å²) >= 11 is 0. The third-order valence-electron chi connectivity index (χ3n) is 6.09. The Morgan fingerprint density at radius 3 is 2.48 bits per heavy atom. The zero-order valence-corrected chi connectivity index (χ0v) is 17.5. The largest absolute Gasteiger partial charge is 0.497 e. The van der Waals surface area contributed by atoms with Gasteiger partial charge in [-0.1, -0.05) is 30.8 Å². The van der Waals surface area contributed by atoms with Gasteiger partial charge in [0, 0.05) is 29.3 Å². The molecule has 3 atom stereocenters. The lowest BCUT2D eigenvalue weighted by molar-refractivity contribution is -0.144. The number of ketones is 1. The smallest absolute Gasteiger partial charge is 0.315 e. The summed E-state index contributed by atoms with van der Waals surface area (Å²) < 4.78 is 24.2. The fourth-order valence-corrected chi connectivity index (χ4v) is 4.63. The van der Waals surface area contributed by atoms with E-state index in [0.29, 0.717) is 29.7 Å². The summed E-state index contributed by atoms with van der Waals surface area (Å²) in [5.41, 5.74) is 3.28. The molecule has 0 aromatic heterocycles. The quantitative estimate of drug-likeness (QED) is 0.749. The van der Waals surface area contributed by atoms with Crippen molar-refractivity contribution in [2.75, 3.05) is 14.2 Å². The van der Waals surface area contributed by atoms with E-state index in [0.717, 1.165) is 17.0 Å². The van der Waals surface area contributed by atoms with Crippen molar-refractivity contribution < 1.29 is 23.5 Å². The number of carbonyl (C=O) groups is 2. The minimum absolute atomic E-state index is 0.0136. The lowest BCUT2D eigenvalue weighted by atomic mass is 9.69. The number of esters is 1. The number of ether oxygens (including phenoxy) is 2. The summed E-state index contributed by atoms with van der Waals surface area (Å²) in [6, 6.07) is 13.7. The van der Waals surface area contributed by atoms with Gasteiger partial charge < -0.3 is 14.8 Å². The average molecular weight is 421 g/mol. The second kappa shape index (κ2) is 8.38. The number of nitrogens with one attached hydrogen (secondary N) is 1. The fraction of sp³-hybridized carbons (Fsp3) is 0.280. The first-order valence-electron chi connectivity index (χ1n) is 10.1. The first-order chi connectivity index (χ1) is 14.9. The third kappa shape index (κ3) is 3.85. The van der Waals surface area contributed by atoms with E-state index < -0.39 is 23.6 Å². The van der Waals surface area contributed by atoms with Gasteiger partial charge in [-0.25, -0.2) is 4.39 Å². The molecule has 0 radical (unpaired) electrons. The van der Waals surface area contributed by atoms with Gasteiger partial charge in [0.1, 0.15) is 17.5 Å². The molecule has 0 saturated carbocycles. The van der Waals surface area contributed by atoms with Crippen LogP contribution in [0.4, 0.5) is 4.39 Å². The van der Waals surface area contributed by atoms with Gasteiger partial charge in [0.05, 0.1) is 14.2 Å². The lowest BCUT2D eigenvalue weighted by Crippen LogP contribution is -2.42. The van der Waals surface area contributed by atoms with E-state index in [2.05, 4.69) is 11.9 Å². The highest BCUT2D eigenvalue weighted by atomic mass is 19.1. The molecule has 0 amide bonds. The molecule has 0 fully saturated rings. The number of allylic oxidation sites excluding steroid dienone is 2. The van der Waals surface area contributed by atoms with E-state index in [1.54, 1.807) is 19.2 Å². The number of rotatable bonds is 4. The molecular weight excluding hydrogens is 397 g/mol. The summed E-state index contributed by atoms with van der Waals surface area (Å²) in [6.45, 7) is 4.03. The first-order valence-corrected chi connectivity index (χ1v) is 10.1. The number of Topliss-reactive ketones (excluding diaryl/α,β-unsaturated/α-hetero) is 1. The third-order valence-corrected chi connectivity index (χ3v) is 6.09. The highest BCUT2D eigenvalue weighted by Gasteiger charge is 2.45. The maximum atomic E-state index is 14.0. The van der Waals surface area contributed by atoms with Gasteiger partial charge >= 0.3 is 5.97 Å². The lowest BCUT2D eigenvalue weighted by Gasteiger charge is -2.40. The number of halogens is 1. The topological polar surface area (TPSA) is 64.6 Å². The van der Waals surface area contributed by atoms with E-state index in [1.165, 1.54) is 19.2 Å². The van der Waals surface area contributed by atoms with Gasteiger partial charge in [-0.3, -0.25) is 9.59 Å². The molecule has 1 aliphatic carbocycles. The predicted octanol–water partition coefficient (Wildman–Crippen LogP) is 4.22. The Morgan fingerprint density at radius 1 is 1.10 bits per heavy atom. The zero-order chi connectivity index (χ0) is 22.1. The molecular formula is C25H24FNO4. The standard InChI is InChI=1S/C25H24FNO4/c1-14-22(25(29)31-3)23(16-5-4-6-18(26)11-16)24-20(27-14)12-17(13-21(24)28)15-7-9-19(30-2)10-8-15/h4-11,17,22-23,27H,1,12-13H2,2-3H3. The van der Waals surface area contributed by atoms with E-state index in [1.807, 2.05) is 24.3 Å². The van der Waals surface area contributed by atoms with Gasteiger partial charge in [-0.15, -0.1) is 0 Å². The summed E-state index contributed by atoms with van der Waals surface area (Å²) in [6.07, 6.45) is 0.894. The highest BCUT2D eigenvalue weighted by molar-refractivity contribution is 6.01. The van der Waals surface area contributed by atoms with Crippen molar-refractivity contribution in [2.45, 2.75) is 24.7 Å². The second-order valence-electron chi connectivity index (χ2n) is 7.88. The van der Waals surface area contributed by atoms with Crippen LogP contribution in [0, 0.1) is 11.7 Å². The normalized spacial score (nSPS) is 23.1. The molecule has 31 heavy (non-hydrogen) atoms. The van der Waals surface area contributed by atoms with Gasteiger partial charge in [-0.2, -0.15) is 0 Å². The van der Waals surface area contributed by atoms with Gasteiger partial charge in [0.25, 0.3) is 0 Å². The molecule has 5 nitrogen and oxygen atoms in total. The summed E-state index contributed by atoms with van der Waals surface area (Å²) in [5, 5.41) is 3.20. The van der Waals surface area contributed by atoms with Gasteiger partial charge in [0.2, 0.25) is 0 Å². The van der Waals surface area contributed by atoms with Crippen molar-refractivity contribution in [3.05, 3.63) is 89.0 Å². The molecule has 1 aliphatic heterocycles. The number of hydrogen-bond donors (Lipinski definition) is 1. The van der Waals surface area contributed by atoms with Crippen LogP contribution < -0.4 is 10.1 Å². The predicted molar refractivity (Wildman–Crippen MR) is 114 cm³/mol. The van der Waals surface area contributed by atoms with E-state index in [4.69, 9.17) is 9.47 Å². The zero-order valence-electron chi connectivity index (χ0n) is 17.5. The van der Waals surface area contributed by atoms with Crippen LogP contribution in [-0.2, 0) is 14.3 Å². The molecule has 2 aliphatic rings. The first kappa shape index (κ1) is 20.8. The van der Waals surface area contributed by atoms with Gasteiger partial charge in [-0.05, 0) is 47.7 Å². The van der Waals surface area contributed by atoms with Crippen molar-refractivity contribution in [3.8, 4) is 5.75 Å². The number of benzene rings is 2. The maximum absolute atomic E-state index is 14.0. The second-order valence-corrected chi connectivity index (χ2v) is 7.88. The SMILES string of the molecule is C=C1NC2=C(C(=O)CC(c3ccc(OC)cc3)C2)C(c2cccc(F)c2)C1C(=O)OC. The van der Waals surface area contributed by atoms with Crippen LogP contribution in [0.3, 0.4) is 0 Å². The summed E-state index contributed by atoms with van der Waals surface area (Å²) in [7, 11) is 2.91. The maximum Gasteiger partial charge on any atom is 0.315 e. The number of methoxy groups -OCH3 is 2. The molecule has 3 unspecified atom stereocenters. The fourth-order valence-electron chi connectivity index (χ4n) is 4.63. The van der Waals surface area contributed by atoms with E-state index in [-0.39, 0.29) is 11.7 Å². The van der Waals surface area contributed by atoms with Crippen LogP contribution in [0.15, 0.2) is 72.1 Å². The Morgan fingerprint density at radius 2 is 1.84 bits per heavy atom. The highest BCUT2D eigenvalue weighted by Crippen LogP contribution is 2.47. The molecule has 0 bridgehead atoms. The van der Waals surface area contributed by atoms with Crippen molar-refractivity contribution in [2.24, 2.45) is 5.92 Å². The van der Waals surface area contributed by atoms with E-state index >= 15 is 0 Å². The van der Waals surface area contributed by atoms with Crippen molar-refractivity contribution in [1.29, 1.82) is 0 Å². The van der Waals surface area contributed by atoms with Crippen LogP contribution in [0.1, 0.15) is 35.8 Å². The van der Waals surface area contributed by atoms with Crippen LogP contribution in [0.5, 0.6) is 5.75 Å². The van der Waals surface area contributed by atoms with Gasteiger partial charge in [0.15, 0.2) is 5.78 Å². The molecule has 0 saturated heterocycles. The minimum Gasteiger partial charge on any atom is -0.497 e. The van der Waals surface area contributed by atoms with Crippen molar-refractivity contribution in [3.63, 3.8) is 0 Å². The number of carbonyl (C=O) groups excluding carboxylic acids is 2. The Bertz CT molecular complexity index is 1070. The minimum atomic E-state index is -0.813. The van der Waals surface area contributed by atoms with Crippen LogP contribution >= 0.6 is 0 Å². The Balaban J connectivity index is 1.77. The average Bonchev–Trinajstić information content (AvgIpc) is 2.77. The summed E-state index contributed by atoms with van der Waals surface area (Å²) in [4.78, 5) is 26.0. The molecule has 2 aromatic carbocycles. The van der Waals surface area contributed by atoms with Crippen LogP contribution in [0.25, 0.3) is 0 Å². The molecule has 2 aromatic rings. The molecule has 1 N–H and O–H groups in total. The van der Waals surface area contributed by atoms with Crippen LogP contribution in [0.2, 0.25) is 0 Å². The molecule has 0 spiro atoms. The summed E-state index contributed by atoms with van der Waals surface area (Å²) in [5.74, 6) is -1.72. The molecule has 4 rings (SSSR count). The molecule has 160 valence electrons. The number of hydrogen-bond acceptors (Lipinski definition) is 5. The molecule has 6 heteroatoms. The Kier molecular flexibility index (Phi) is 5.63.